The highest BCUT2D eigenvalue weighted by Crippen LogP contribution is 2.28. The monoisotopic (exact) mass is 464 g/mol. The van der Waals surface area contributed by atoms with Crippen LogP contribution in [0.5, 0.6) is 0 Å². The summed E-state index contributed by atoms with van der Waals surface area (Å²) in [6, 6.07) is 15.1. The van der Waals surface area contributed by atoms with Crippen LogP contribution in [0.25, 0.3) is 28.4 Å². The predicted molar refractivity (Wildman–Crippen MR) is 129 cm³/mol. The number of benzene rings is 2. The molecule has 2 aromatic carbocycles. The lowest BCUT2D eigenvalue weighted by Crippen LogP contribution is -2.15. The third kappa shape index (κ3) is 4.99. The molecule has 0 aliphatic heterocycles. The number of fused-ring (bicyclic) bond motifs is 1. The van der Waals surface area contributed by atoms with Crippen LogP contribution in [0.1, 0.15) is 5.69 Å². The third-order valence-electron chi connectivity index (χ3n) is 4.59. The fourth-order valence-electron chi connectivity index (χ4n) is 3.04. The maximum atomic E-state index is 12.5. The molecule has 4 aromatic rings. The third-order valence-corrected chi connectivity index (χ3v) is 5.31. The Morgan fingerprint density at radius 2 is 1.78 bits per heavy atom. The number of hydrogen-bond donors (Lipinski definition) is 2. The first-order chi connectivity index (χ1) is 15.5. The predicted octanol–water partition coefficient (Wildman–Crippen LogP) is 6.11. The first-order valence-electron chi connectivity index (χ1n) is 9.62. The number of halogens is 2. The number of ether oxygens (including phenoxy) is 1. The summed E-state index contributed by atoms with van der Waals surface area (Å²) in [4.78, 5) is 24.4. The van der Waals surface area contributed by atoms with Gasteiger partial charge >= 0.3 is 0 Å². The van der Waals surface area contributed by atoms with Gasteiger partial charge in [-0.3, -0.25) is 4.79 Å². The summed E-state index contributed by atoms with van der Waals surface area (Å²) in [5.74, 6) is 0.300. The van der Waals surface area contributed by atoms with Crippen LogP contribution in [0.3, 0.4) is 0 Å². The highest BCUT2D eigenvalue weighted by Gasteiger charge is 2.10. The van der Waals surface area contributed by atoms with Crippen LogP contribution in [0.2, 0.25) is 10.0 Å². The van der Waals surface area contributed by atoms with E-state index in [4.69, 9.17) is 27.9 Å². The molecule has 0 radical (unpaired) electrons. The molecule has 0 spiro atoms. The van der Waals surface area contributed by atoms with Crippen LogP contribution in [-0.2, 0) is 9.53 Å². The number of allylic oxidation sites excluding steroid dienone is 2. The summed E-state index contributed by atoms with van der Waals surface area (Å²) in [7, 11) is 1.43. The molecule has 4 rings (SSSR count). The molecule has 2 heterocycles. The van der Waals surface area contributed by atoms with E-state index in [1.807, 2.05) is 42.5 Å². The van der Waals surface area contributed by atoms with Gasteiger partial charge in [0.15, 0.2) is 11.6 Å². The number of nitrogens with one attached hydrogen (secondary N) is 2. The van der Waals surface area contributed by atoms with Crippen molar-refractivity contribution >= 4 is 51.8 Å². The molecular formula is C24H18Cl2N4O2. The van der Waals surface area contributed by atoms with E-state index in [1.54, 1.807) is 36.7 Å². The number of H-pyrrole nitrogens is 1. The second kappa shape index (κ2) is 9.68. The Morgan fingerprint density at radius 3 is 2.50 bits per heavy atom. The van der Waals surface area contributed by atoms with E-state index in [9.17, 15) is 4.79 Å². The normalized spacial score (nSPS) is 11.8. The lowest BCUT2D eigenvalue weighted by Gasteiger charge is -2.07. The molecule has 2 aromatic heterocycles. The molecule has 0 aliphatic rings. The zero-order chi connectivity index (χ0) is 22.5. The molecule has 8 heteroatoms. The first kappa shape index (κ1) is 21.6. The maximum absolute atomic E-state index is 12.5. The van der Waals surface area contributed by atoms with Gasteiger partial charge < -0.3 is 15.0 Å². The molecular weight excluding hydrogens is 447 g/mol. The Labute approximate surface area is 194 Å². The molecule has 6 nitrogen and oxygen atoms in total. The summed E-state index contributed by atoms with van der Waals surface area (Å²) < 4.78 is 5.22. The van der Waals surface area contributed by atoms with Gasteiger partial charge in [0.2, 0.25) is 0 Å². The van der Waals surface area contributed by atoms with Gasteiger partial charge in [-0.15, -0.1) is 0 Å². The number of carbonyl (C=O) groups excluding carboxylic acids is 1. The molecule has 0 atom stereocenters. The Hall–Kier alpha value is -3.61. The van der Waals surface area contributed by atoms with E-state index in [-0.39, 0.29) is 5.76 Å². The largest absolute Gasteiger partial charge is 0.491 e. The van der Waals surface area contributed by atoms with E-state index >= 15 is 0 Å². The Balaban J connectivity index is 1.44. The average molecular weight is 465 g/mol. The van der Waals surface area contributed by atoms with E-state index in [2.05, 4.69) is 20.3 Å². The zero-order valence-electron chi connectivity index (χ0n) is 17.0. The number of amides is 1. The van der Waals surface area contributed by atoms with Gasteiger partial charge in [-0.2, -0.15) is 0 Å². The number of nitrogens with zero attached hydrogens (tertiary/aromatic N) is 2. The fraction of sp³-hybridized carbons (Fsp3) is 0.0417. The zero-order valence-corrected chi connectivity index (χ0v) is 18.5. The minimum atomic E-state index is -0.413. The van der Waals surface area contributed by atoms with Gasteiger partial charge in [0.1, 0.15) is 0 Å². The van der Waals surface area contributed by atoms with E-state index < -0.39 is 5.91 Å². The van der Waals surface area contributed by atoms with Gasteiger partial charge in [-0.05, 0) is 30.4 Å². The van der Waals surface area contributed by atoms with Crippen molar-refractivity contribution in [1.29, 1.82) is 0 Å². The molecule has 32 heavy (non-hydrogen) atoms. The highest BCUT2D eigenvalue weighted by molar-refractivity contribution is 6.42. The summed E-state index contributed by atoms with van der Waals surface area (Å²) >= 11 is 12.1. The highest BCUT2D eigenvalue weighted by atomic mass is 35.5. The van der Waals surface area contributed by atoms with Crippen LogP contribution < -0.4 is 5.32 Å². The van der Waals surface area contributed by atoms with Crippen LogP contribution in [-0.4, -0.2) is 28.0 Å². The van der Waals surface area contributed by atoms with Gasteiger partial charge in [0.25, 0.3) is 5.91 Å². The van der Waals surface area contributed by atoms with Gasteiger partial charge in [-0.25, -0.2) is 9.97 Å². The van der Waals surface area contributed by atoms with E-state index in [0.717, 1.165) is 22.2 Å². The smallest absolute Gasteiger partial charge is 0.290 e. The fourth-order valence-corrected chi connectivity index (χ4v) is 3.37. The molecule has 160 valence electrons. The molecule has 2 N–H and O–H groups in total. The summed E-state index contributed by atoms with van der Waals surface area (Å²) in [5.41, 5.74) is 3.06. The minimum Gasteiger partial charge on any atom is -0.491 e. The number of hydrogen-bond acceptors (Lipinski definition) is 4. The molecule has 0 saturated carbocycles. The Bertz CT molecular complexity index is 1270. The van der Waals surface area contributed by atoms with Gasteiger partial charge in [0.05, 0.1) is 35.2 Å². The van der Waals surface area contributed by atoms with Crippen molar-refractivity contribution < 1.29 is 9.53 Å². The van der Waals surface area contributed by atoms with Crippen molar-refractivity contribution in [2.75, 3.05) is 12.4 Å². The number of carbonyl (C=O) groups is 1. The molecule has 0 unspecified atom stereocenters. The quantitative estimate of drug-likeness (QED) is 0.205. The Morgan fingerprint density at radius 1 is 1.06 bits per heavy atom. The maximum Gasteiger partial charge on any atom is 0.290 e. The SMILES string of the molecule is CO/C(=C/C=C/c1cc2cc(Cl)c(Cl)cc2[nH]1)C(=O)Nc1cnc(-c2ccccc2)nc1. The van der Waals surface area contributed by atoms with Crippen molar-refractivity contribution in [1.82, 2.24) is 15.0 Å². The molecule has 0 aliphatic carbocycles. The summed E-state index contributed by atoms with van der Waals surface area (Å²) in [5, 5.41) is 4.64. The number of aromatic nitrogens is 3. The van der Waals surface area contributed by atoms with E-state index in [1.165, 1.54) is 7.11 Å². The molecule has 0 bridgehead atoms. The summed E-state index contributed by atoms with van der Waals surface area (Å²) in [6.07, 6.45) is 8.20. The number of anilines is 1. The molecule has 0 saturated heterocycles. The lowest BCUT2D eigenvalue weighted by atomic mass is 10.2. The van der Waals surface area contributed by atoms with Crippen LogP contribution in [0.15, 0.2) is 78.8 Å². The Kier molecular flexibility index (Phi) is 6.54. The second-order valence-corrected chi connectivity index (χ2v) is 7.60. The van der Waals surface area contributed by atoms with Crippen molar-refractivity contribution in [2.45, 2.75) is 0 Å². The van der Waals surface area contributed by atoms with Crippen molar-refractivity contribution in [2.24, 2.45) is 0 Å². The number of methoxy groups -OCH3 is 1. The summed E-state index contributed by atoms with van der Waals surface area (Å²) in [6.45, 7) is 0. The number of rotatable bonds is 6. The van der Waals surface area contributed by atoms with Crippen molar-refractivity contribution in [3.05, 3.63) is 94.6 Å². The van der Waals surface area contributed by atoms with Crippen molar-refractivity contribution in [3.8, 4) is 11.4 Å². The number of aromatic amines is 1. The minimum absolute atomic E-state index is 0.135. The first-order valence-corrected chi connectivity index (χ1v) is 10.4. The van der Waals surface area contributed by atoms with Gasteiger partial charge in [0, 0.05) is 22.2 Å². The average Bonchev–Trinajstić information content (AvgIpc) is 3.19. The van der Waals surface area contributed by atoms with Crippen molar-refractivity contribution in [3.63, 3.8) is 0 Å². The van der Waals surface area contributed by atoms with Crippen LogP contribution >= 0.6 is 23.2 Å². The van der Waals surface area contributed by atoms with Crippen LogP contribution in [0, 0.1) is 0 Å². The van der Waals surface area contributed by atoms with Crippen LogP contribution in [0.4, 0.5) is 5.69 Å². The standard InChI is InChI=1S/C24H18Cl2N4O2/c1-32-22(9-5-8-17-10-16-11-19(25)20(26)12-21(16)29-17)24(31)30-18-13-27-23(28-14-18)15-6-3-2-4-7-15/h2-14,29H,1H3,(H,30,31)/b8-5+,22-9+. The topological polar surface area (TPSA) is 79.9 Å². The second-order valence-electron chi connectivity index (χ2n) is 6.79. The van der Waals surface area contributed by atoms with Gasteiger partial charge in [-0.1, -0.05) is 59.6 Å². The molecule has 0 fully saturated rings. The lowest BCUT2D eigenvalue weighted by molar-refractivity contribution is -0.115. The molecule has 1 amide bonds. The van der Waals surface area contributed by atoms with E-state index in [0.29, 0.717) is 21.6 Å².